The van der Waals surface area contributed by atoms with Crippen LogP contribution in [0.15, 0.2) is 42.5 Å². The standard InChI is InChI=1S/C20H25N/c1-3-15-8-10-17(11-9-15)20(21-2)19-13-12-16-6-4-5-7-18(16)14-19/h8-14,20-21H,3-7H2,1-2H3. The van der Waals surface area contributed by atoms with Gasteiger partial charge in [-0.2, -0.15) is 0 Å². The summed E-state index contributed by atoms with van der Waals surface area (Å²) >= 11 is 0. The molecule has 1 nitrogen and oxygen atoms in total. The van der Waals surface area contributed by atoms with Crippen molar-refractivity contribution >= 4 is 0 Å². The zero-order valence-electron chi connectivity index (χ0n) is 13.2. The number of aryl methyl sites for hydroxylation is 3. The van der Waals surface area contributed by atoms with Gasteiger partial charge in [0, 0.05) is 0 Å². The fourth-order valence-electron chi connectivity index (χ4n) is 3.40. The van der Waals surface area contributed by atoms with Gasteiger partial charge in [0.1, 0.15) is 0 Å². The van der Waals surface area contributed by atoms with E-state index in [1.54, 1.807) is 11.1 Å². The van der Waals surface area contributed by atoms with Gasteiger partial charge in [0.25, 0.3) is 0 Å². The van der Waals surface area contributed by atoms with Crippen molar-refractivity contribution in [3.63, 3.8) is 0 Å². The minimum absolute atomic E-state index is 0.295. The predicted molar refractivity (Wildman–Crippen MR) is 89.8 cm³/mol. The molecule has 1 aliphatic carbocycles. The van der Waals surface area contributed by atoms with Crippen molar-refractivity contribution in [2.75, 3.05) is 7.05 Å². The number of fused-ring (bicyclic) bond motifs is 1. The Bertz CT molecular complexity index is 598. The molecule has 1 heteroatoms. The van der Waals surface area contributed by atoms with Gasteiger partial charge in [-0.15, -0.1) is 0 Å². The number of rotatable bonds is 4. The van der Waals surface area contributed by atoms with Crippen molar-refractivity contribution in [3.8, 4) is 0 Å². The van der Waals surface area contributed by atoms with Crippen molar-refractivity contribution in [2.45, 2.75) is 45.1 Å². The molecular weight excluding hydrogens is 254 g/mol. The van der Waals surface area contributed by atoms with Gasteiger partial charge < -0.3 is 5.32 Å². The van der Waals surface area contributed by atoms with Crippen molar-refractivity contribution in [1.29, 1.82) is 0 Å². The Kier molecular flexibility index (Phi) is 4.40. The molecule has 1 atom stereocenters. The Balaban J connectivity index is 1.91. The van der Waals surface area contributed by atoms with E-state index in [1.807, 2.05) is 0 Å². The average Bonchev–Trinajstić information content (AvgIpc) is 2.56. The number of benzene rings is 2. The molecule has 0 heterocycles. The molecular formula is C20H25N. The smallest absolute Gasteiger partial charge is 0.0574 e. The first kappa shape index (κ1) is 14.3. The van der Waals surface area contributed by atoms with E-state index in [0.29, 0.717) is 6.04 Å². The van der Waals surface area contributed by atoms with Crippen molar-refractivity contribution in [3.05, 3.63) is 70.3 Å². The van der Waals surface area contributed by atoms with Gasteiger partial charge >= 0.3 is 0 Å². The van der Waals surface area contributed by atoms with Crippen molar-refractivity contribution < 1.29 is 0 Å². The molecule has 1 N–H and O–H groups in total. The molecule has 0 radical (unpaired) electrons. The second-order valence-corrected chi connectivity index (χ2v) is 6.05. The predicted octanol–water partition coefficient (Wildman–Crippen LogP) is 4.44. The summed E-state index contributed by atoms with van der Waals surface area (Å²) in [5, 5.41) is 3.48. The van der Waals surface area contributed by atoms with Crippen LogP contribution < -0.4 is 5.32 Å². The summed E-state index contributed by atoms with van der Waals surface area (Å²) in [6, 6.07) is 16.4. The van der Waals surface area contributed by atoms with Gasteiger partial charge in [0.15, 0.2) is 0 Å². The largest absolute Gasteiger partial charge is 0.309 e. The molecule has 1 aliphatic rings. The maximum atomic E-state index is 3.48. The molecule has 3 rings (SSSR count). The average molecular weight is 279 g/mol. The SMILES string of the molecule is CCc1ccc(C(NC)c2ccc3c(c2)CCCC3)cc1. The Morgan fingerprint density at radius 1 is 0.905 bits per heavy atom. The molecule has 0 aromatic heterocycles. The lowest BCUT2D eigenvalue weighted by molar-refractivity contribution is 0.668. The van der Waals surface area contributed by atoms with Gasteiger partial charge in [-0.3, -0.25) is 0 Å². The molecule has 0 spiro atoms. The van der Waals surface area contributed by atoms with E-state index in [4.69, 9.17) is 0 Å². The first-order chi connectivity index (χ1) is 10.3. The van der Waals surface area contributed by atoms with Gasteiger partial charge in [-0.25, -0.2) is 0 Å². The molecule has 2 aromatic rings. The molecule has 0 bridgehead atoms. The Morgan fingerprint density at radius 2 is 1.57 bits per heavy atom. The molecule has 21 heavy (non-hydrogen) atoms. The summed E-state index contributed by atoms with van der Waals surface area (Å²) in [5.74, 6) is 0. The third kappa shape index (κ3) is 3.03. The Labute approximate surface area is 128 Å². The van der Waals surface area contributed by atoms with Crippen LogP contribution in [0.1, 0.15) is 53.6 Å². The first-order valence-corrected chi connectivity index (χ1v) is 8.19. The molecule has 0 saturated carbocycles. The first-order valence-electron chi connectivity index (χ1n) is 8.19. The van der Waals surface area contributed by atoms with Gasteiger partial charge in [-0.1, -0.05) is 49.4 Å². The fourth-order valence-corrected chi connectivity index (χ4v) is 3.40. The van der Waals surface area contributed by atoms with Crippen LogP contribution in [-0.4, -0.2) is 7.05 Å². The fraction of sp³-hybridized carbons (Fsp3) is 0.400. The maximum Gasteiger partial charge on any atom is 0.0574 e. The Hall–Kier alpha value is -1.60. The minimum atomic E-state index is 0.295. The van der Waals surface area contributed by atoms with Crippen molar-refractivity contribution in [2.24, 2.45) is 0 Å². The lowest BCUT2D eigenvalue weighted by Gasteiger charge is -2.22. The van der Waals surface area contributed by atoms with Crippen LogP contribution in [-0.2, 0) is 19.3 Å². The van der Waals surface area contributed by atoms with E-state index in [9.17, 15) is 0 Å². The lowest BCUT2D eigenvalue weighted by atomic mass is 9.88. The summed E-state index contributed by atoms with van der Waals surface area (Å²) < 4.78 is 0. The number of nitrogens with one attached hydrogen (secondary N) is 1. The molecule has 0 fully saturated rings. The van der Waals surface area contributed by atoms with E-state index in [1.165, 1.54) is 42.4 Å². The van der Waals surface area contributed by atoms with E-state index >= 15 is 0 Å². The van der Waals surface area contributed by atoms with Crippen LogP contribution >= 0.6 is 0 Å². The van der Waals surface area contributed by atoms with Crippen LogP contribution in [0.3, 0.4) is 0 Å². The highest BCUT2D eigenvalue weighted by Gasteiger charge is 2.15. The zero-order valence-corrected chi connectivity index (χ0v) is 13.2. The van der Waals surface area contributed by atoms with E-state index in [2.05, 4.69) is 61.8 Å². The topological polar surface area (TPSA) is 12.0 Å². The summed E-state index contributed by atoms with van der Waals surface area (Å²) in [5.41, 5.74) is 7.26. The quantitative estimate of drug-likeness (QED) is 0.872. The van der Waals surface area contributed by atoms with Crippen LogP contribution in [0.2, 0.25) is 0 Å². The van der Waals surface area contributed by atoms with Crippen LogP contribution in [0.4, 0.5) is 0 Å². The van der Waals surface area contributed by atoms with Crippen molar-refractivity contribution in [1.82, 2.24) is 5.32 Å². The number of hydrogen-bond donors (Lipinski definition) is 1. The maximum absolute atomic E-state index is 3.48. The highest BCUT2D eigenvalue weighted by molar-refractivity contribution is 5.39. The van der Waals surface area contributed by atoms with Crippen LogP contribution in [0.5, 0.6) is 0 Å². The van der Waals surface area contributed by atoms with Crippen LogP contribution in [0, 0.1) is 0 Å². The monoisotopic (exact) mass is 279 g/mol. The molecule has 0 aliphatic heterocycles. The van der Waals surface area contributed by atoms with E-state index in [-0.39, 0.29) is 0 Å². The molecule has 2 aromatic carbocycles. The van der Waals surface area contributed by atoms with Gasteiger partial charge in [0.05, 0.1) is 6.04 Å². The van der Waals surface area contributed by atoms with E-state index in [0.717, 1.165) is 6.42 Å². The normalized spacial score (nSPS) is 15.5. The lowest BCUT2D eigenvalue weighted by Crippen LogP contribution is -2.18. The summed E-state index contributed by atoms with van der Waals surface area (Å²) in [6.07, 6.45) is 6.29. The third-order valence-corrected chi connectivity index (χ3v) is 4.72. The second kappa shape index (κ2) is 6.44. The zero-order chi connectivity index (χ0) is 14.7. The van der Waals surface area contributed by atoms with Crippen LogP contribution in [0.25, 0.3) is 0 Å². The second-order valence-electron chi connectivity index (χ2n) is 6.05. The molecule has 1 unspecified atom stereocenters. The molecule has 0 amide bonds. The minimum Gasteiger partial charge on any atom is -0.309 e. The summed E-state index contributed by atoms with van der Waals surface area (Å²) in [6.45, 7) is 2.20. The summed E-state index contributed by atoms with van der Waals surface area (Å²) in [4.78, 5) is 0. The van der Waals surface area contributed by atoms with Gasteiger partial charge in [-0.05, 0) is 67.0 Å². The third-order valence-electron chi connectivity index (χ3n) is 4.72. The summed E-state index contributed by atoms with van der Waals surface area (Å²) in [7, 11) is 2.05. The highest BCUT2D eigenvalue weighted by Crippen LogP contribution is 2.28. The highest BCUT2D eigenvalue weighted by atomic mass is 14.9. The van der Waals surface area contributed by atoms with Gasteiger partial charge in [0.2, 0.25) is 0 Å². The van der Waals surface area contributed by atoms with E-state index < -0.39 is 0 Å². The molecule has 110 valence electrons. The number of hydrogen-bond acceptors (Lipinski definition) is 1. The molecule has 0 saturated heterocycles. The Morgan fingerprint density at radius 3 is 2.24 bits per heavy atom.